The minimum absolute atomic E-state index is 0.00509. The molecule has 1 aliphatic heterocycles. The molecule has 28 heavy (non-hydrogen) atoms. The molecule has 2 aromatic carbocycles. The highest BCUT2D eigenvalue weighted by molar-refractivity contribution is 7.92. The van der Waals surface area contributed by atoms with Gasteiger partial charge in [-0.05, 0) is 43.0 Å². The second kappa shape index (κ2) is 8.26. The van der Waals surface area contributed by atoms with Crippen molar-refractivity contribution in [2.24, 2.45) is 0 Å². The highest BCUT2D eigenvalue weighted by Gasteiger charge is 2.23. The quantitative estimate of drug-likeness (QED) is 0.735. The van der Waals surface area contributed by atoms with Gasteiger partial charge in [0.05, 0.1) is 11.9 Å². The van der Waals surface area contributed by atoms with Gasteiger partial charge in [-0.2, -0.15) is 0 Å². The average Bonchev–Trinajstić information content (AvgIpc) is 2.66. The molecule has 0 bridgehead atoms. The molecular weight excluding hydrogens is 386 g/mol. The summed E-state index contributed by atoms with van der Waals surface area (Å²) in [6.07, 6.45) is 3.23. The zero-order valence-electron chi connectivity index (χ0n) is 15.6. The summed E-state index contributed by atoms with van der Waals surface area (Å²) >= 11 is 0. The number of amides is 1. The van der Waals surface area contributed by atoms with E-state index in [0.717, 1.165) is 46.8 Å². The number of anilines is 2. The van der Waals surface area contributed by atoms with Crippen LogP contribution in [0.25, 0.3) is 0 Å². The van der Waals surface area contributed by atoms with Gasteiger partial charge in [-0.15, -0.1) is 0 Å². The molecule has 8 heteroatoms. The SMILES string of the molecule is CS(=O)(=O)N(CCCC(=O)N1CCCc2ccccc21)c1ccc(F)c(F)c1. The number of aryl methyl sites for hydroxylation is 1. The van der Waals surface area contributed by atoms with Crippen molar-refractivity contribution < 1.29 is 22.0 Å². The van der Waals surface area contributed by atoms with Crippen LogP contribution in [0.5, 0.6) is 0 Å². The molecule has 0 spiro atoms. The summed E-state index contributed by atoms with van der Waals surface area (Å²) in [4.78, 5) is 14.4. The molecule has 0 saturated heterocycles. The Morgan fingerprint density at radius 2 is 1.89 bits per heavy atom. The summed E-state index contributed by atoms with van der Waals surface area (Å²) < 4.78 is 51.8. The molecule has 0 atom stereocenters. The van der Waals surface area contributed by atoms with E-state index in [-0.39, 0.29) is 31.0 Å². The highest BCUT2D eigenvalue weighted by Crippen LogP contribution is 2.27. The first-order valence-corrected chi connectivity index (χ1v) is 10.9. The minimum atomic E-state index is -3.70. The molecule has 5 nitrogen and oxygen atoms in total. The number of sulfonamides is 1. The van der Waals surface area contributed by atoms with Crippen molar-refractivity contribution in [1.82, 2.24) is 0 Å². The Morgan fingerprint density at radius 3 is 2.61 bits per heavy atom. The fraction of sp³-hybridized carbons (Fsp3) is 0.350. The summed E-state index contributed by atoms with van der Waals surface area (Å²) in [5, 5.41) is 0. The van der Waals surface area contributed by atoms with Crippen LogP contribution in [0, 0.1) is 11.6 Å². The molecule has 2 aromatic rings. The number of carbonyl (C=O) groups excluding carboxylic acids is 1. The summed E-state index contributed by atoms with van der Waals surface area (Å²) in [7, 11) is -3.70. The van der Waals surface area contributed by atoms with Gasteiger partial charge in [0.2, 0.25) is 15.9 Å². The normalized spacial score (nSPS) is 13.9. The number of halogens is 2. The molecule has 0 N–H and O–H groups in total. The Labute approximate surface area is 163 Å². The molecule has 0 radical (unpaired) electrons. The average molecular weight is 408 g/mol. The Morgan fingerprint density at radius 1 is 1.14 bits per heavy atom. The van der Waals surface area contributed by atoms with Crippen LogP contribution in [0.3, 0.4) is 0 Å². The lowest BCUT2D eigenvalue weighted by atomic mass is 10.0. The first-order chi connectivity index (χ1) is 13.3. The van der Waals surface area contributed by atoms with Gasteiger partial charge in [0.25, 0.3) is 0 Å². The molecule has 1 heterocycles. The number of carbonyl (C=O) groups is 1. The maximum absolute atomic E-state index is 13.5. The lowest BCUT2D eigenvalue weighted by molar-refractivity contribution is -0.118. The van der Waals surface area contributed by atoms with Crippen molar-refractivity contribution in [3.8, 4) is 0 Å². The van der Waals surface area contributed by atoms with Crippen LogP contribution in [0.1, 0.15) is 24.8 Å². The fourth-order valence-corrected chi connectivity index (χ4v) is 4.39. The Bertz CT molecular complexity index is 979. The third-order valence-electron chi connectivity index (χ3n) is 4.75. The molecule has 1 amide bonds. The smallest absolute Gasteiger partial charge is 0.232 e. The summed E-state index contributed by atoms with van der Waals surface area (Å²) in [5.74, 6) is -2.24. The van der Waals surface area contributed by atoms with Gasteiger partial charge in [-0.25, -0.2) is 17.2 Å². The van der Waals surface area contributed by atoms with E-state index in [9.17, 15) is 22.0 Å². The van der Waals surface area contributed by atoms with E-state index in [2.05, 4.69) is 0 Å². The Balaban J connectivity index is 1.68. The predicted octanol–water partition coefficient (Wildman–Crippen LogP) is 3.49. The van der Waals surface area contributed by atoms with E-state index < -0.39 is 21.7 Å². The molecular formula is C20H22F2N2O3S. The number of hydrogen-bond donors (Lipinski definition) is 0. The lowest BCUT2D eigenvalue weighted by Crippen LogP contribution is -2.36. The van der Waals surface area contributed by atoms with Crippen molar-refractivity contribution in [3.05, 3.63) is 59.7 Å². The van der Waals surface area contributed by atoms with Crippen LogP contribution in [-0.4, -0.2) is 33.7 Å². The standard InChI is InChI=1S/C20H22F2N2O3S/c1-28(26,27)24(16-10-11-17(21)18(22)14-16)13-5-9-20(25)23-12-4-7-15-6-2-3-8-19(15)23/h2-3,6,8,10-11,14H,4-5,7,9,12-13H2,1H3. The Kier molecular flexibility index (Phi) is 5.98. The van der Waals surface area contributed by atoms with Crippen molar-refractivity contribution in [3.63, 3.8) is 0 Å². The molecule has 0 aromatic heterocycles. The van der Waals surface area contributed by atoms with Crippen LogP contribution in [-0.2, 0) is 21.2 Å². The number of nitrogens with zero attached hydrogens (tertiary/aromatic N) is 2. The van der Waals surface area contributed by atoms with Crippen LogP contribution in [0.4, 0.5) is 20.2 Å². The summed E-state index contributed by atoms with van der Waals surface area (Å²) in [6, 6.07) is 10.7. The van der Waals surface area contributed by atoms with E-state index in [1.165, 1.54) is 6.07 Å². The van der Waals surface area contributed by atoms with E-state index >= 15 is 0 Å². The summed E-state index contributed by atoms with van der Waals surface area (Å²) in [5.41, 5.74) is 2.07. The van der Waals surface area contributed by atoms with E-state index in [1.807, 2.05) is 24.3 Å². The minimum Gasteiger partial charge on any atom is -0.312 e. The fourth-order valence-electron chi connectivity index (χ4n) is 3.43. The number of hydrogen-bond acceptors (Lipinski definition) is 3. The monoisotopic (exact) mass is 408 g/mol. The van der Waals surface area contributed by atoms with Crippen LogP contribution >= 0.6 is 0 Å². The van der Waals surface area contributed by atoms with E-state index in [1.54, 1.807) is 4.90 Å². The number of fused-ring (bicyclic) bond motifs is 1. The molecule has 0 unspecified atom stereocenters. The first kappa shape index (κ1) is 20.3. The van der Waals surface area contributed by atoms with Gasteiger partial charge in [-0.1, -0.05) is 18.2 Å². The second-order valence-electron chi connectivity index (χ2n) is 6.81. The van der Waals surface area contributed by atoms with Gasteiger partial charge in [0.1, 0.15) is 0 Å². The molecule has 0 saturated carbocycles. The van der Waals surface area contributed by atoms with E-state index in [0.29, 0.717) is 6.54 Å². The van der Waals surface area contributed by atoms with Crippen molar-refractivity contribution in [2.75, 3.05) is 28.6 Å². The van der Waals surface area contributed by atoms with Gasteiger partial charge in [-0.3, -0.25) is 9.10 Å². The van der Waals surface area contributed by atoms with Gasteiger partial charge < -0.3 is 4.90 Å². The zero-order valence-corrected chi connectivity index (χ0v) is 16.4. The first-order valence-electron chi connectivity index (χ1n) is 9.08. The molecule has 1 aliphatic rings. The lowest BCUT2D eigenvalue weighted by Gasteiger charge is -2.30. The van der Waals surface area contributed by atoms with Crippen LogP contribution < -0.4 is 9.21 Å². The Hall–Kier alpha value is -2.48. The zero-order chi connectivity index (χ0) is 20.3. The largest absolute Gasteiger partial charge is 0.312 e. The van der Waals surface area contributed by atoms with Gasteiger partial charge in [0, 0.05) is 31.3 Å². The third kappa shape index (κ3) is 4.49. The van der Waals surface area contributed by atoms with Gasteiger partial charge >= 0.3 is 0 Å². The third-order valence-corrected chi connectivity index (χ3v) is 5.95. The highest BCUT2D eigenvalue weighted by atomic mass is 32.2. The van der Waals surface area contributed by atoms with E-state index in [4.69, 9.17) is 0 Å². The van der Waals surface area contributed by atoms with Crippen molar-refractivity contribution in [1.29, 1.82) is 0 Å². The van der Waals surface area contributed by atoms with Crippen molar-refractivity contribution in [2.45, 2.75) is 25.7 Å². The number of para-hydroxylation sites is 1. The summed E-state index contributed by atoms with van der Waals surface area (Å²) in [6.45, 7) is 0.639. The molecule has 3 rings (SSSR count). The van der Waals surface area contributed by atoms with Crippen LogP contribution in [0.15, 0.2) is 42.5 Å². The topological polar surface area (TPSA) is 57.7 Å². The number of rotatable bonds is 6. The predicted molar refractivity (Wildman–Crippen MR) is 105 cm³/mol. The second-order valence-corrected chi connectivity index (χ2v) is 8.72. The maximum atomic E-state index is 13.5. The number of benzene rings is 2. The molecule has 0 fully saturated rings. The molecule has 0 aliphatic carbocycles. The molecule has 150 valence electrons. The van der Waals surface area contributed by atoms with Crippen molar-refractivity contribution >= 4 is 27.3 Å². The maximum Gasteiger partial charge on any atom is 0.232 e. The van der Waals surface area contributed by atoms with Gasteiger partial charge in [0.15, 0.2) is 11.6 Å². The van der Waals surface area contributed by atoms with Crippen LogP contribution in [0.2, 0.25) is 0 Å².